The predicted molar refractivity (Wildman–Crippen MR) is 86.9 cm³/mol. The maximum atomic E-state index is 12.2. The second kappa shape index (κ2) is 9.50. The first-order valence-corrected chi connectivity index (χ1v) is 7.68. The van der Waals surface area contributed by atoms with E-state index in [1.807, 2.05) is 13.8 Å². The van der Waals surface area contributed by atoms with Crippen LogP contribution in [0.3, 0.4) is 0 Å². The van der Waals surface area contributed by atoms with Crippen LogP contribution in [0.5, 0.6) is 0 Å². The van der Waals surface area contributed by atoms with E-state index in [4.69, 9.17) is 9.84 Å². The van der Waals surface area contributed by atoms with Crippen molar-refractivity contribution in [2.75, 3.05) is 6.54 Å². The summed E-state index contributed by atoms with van der Waals surface area (Å²) in [7, 11) is 0. The number of carbonyl (C=O) groups excluding carboxylic acids is 2. The van der Waals surface area contributed by atoms with Gasteiger partial charge in [0.15, 0.2) is 12.2 Å². The summed E-state index contributed by atoms with van der Waals surface area (Å²) < 4.78 is 4.80. The molecule has 7 nitrogen and oxygen atoms in total. The highest BCUT2D eigenvalue weighted by Gasteiger charge is 2.51. The van der Waals surface area contributed by atoms with Crippen molar-refractivity contribution in [3.63, 3.8) is 0 Å². The van der Waals surface area contributed by atoms with Gasteiger partial charge in [0.2, 0.25) is 5.91 Å². The summed E-state index contributed by atoms with van der Waals surface area (Å²) in [5, 5.41) is 14.1. The van der Waals surface area contributed by atoms with E-state index in [2.05, 4.69) is 24.5 Å². The number of hydrogen-bond donors (Lipinski definition) is 3. The van der Waals surface area contributed by atoms with Crippen LogP contribution in [0.2, 0.25) is 0 Å². The van der Waals surface area contributed by atoms with Gasteiger partial charge in [-0.15, -0.1) is 0 Å². The number of aliphatic carboxylic acids is 1. The van der Waals surface area contributed by atoms with Crippen molar-refractivity contribution in [2.24, 2.45) is 11.8 Å². The summed E-state index contributed by atoms with van der Waals surface area (Å²) in [6.07, 6.45) is -0.732. The highest BCUT2D eigenvalue weighted by atomic mass is 16.6. The molecule has 0 bridgehead atoms. The minimum Gasteiger partial charge on any atom is -0.479 e. The van der Waals surface area contributed by atoms with E-state index in [0.29, 0.717) is 18.9 Å². The van der Waals surface area contributed by atoms with Gasteiger partial charge in [0.1, 0.15) is 6.04 Å². The van der Waals surface area contributed by atoms with Gasteiger partial charge in [-0.1, -0.05) is 35.1 Å². The van der Waals surface area contributed by atoms with Crippen LogP contribution < -0.4 is 10.6 Å². The van der Waals surface area contributed by atoms with Gasteiger partial charge in [-0.25, -0.2) is 4.79 Å². The highest BCUT2D eigenvalue weighted by molar-refractivity contribution is 5.95. The molecule has 1 heterocycles. The molecule has 2 amide bonds. The van der Waals surface area contributed by atoms with Gasteiger partial charge in [-0.2, -0.15) is 0 Å². The summed E-state index contributed by atoms with van der Waals surface area (Å²) >= 11 is 0. The molecule has 0 radical (unpaired) electrons. The van der Waals surface area contributed by atoms with Gasteiger partial charge in [-0.3, -0.25) is 9.59 Å². The quantitative estimate of drug-likeness (QED) is 0.550. The van der Waals surface area contributed by atoms with Crippen molar-refractivity contribution < 1.29 is 24.2 Å². The maximum Gasteiger partial charge on any atom is 0.336 e. The number of carboxylic acid groups (broad SMARTS) is 1. The molecular formula is C16H30N2O5. The molecule has 7 heteroatoms. The Morgan fingerprint density at radius 3 is 2.13 bits per heavy atom. The topological polar surface area (TPSA) is 108 Å². The monoisotopic (exact) mass is 330 g/mol. The number of nitrogens with one attached hydrogen (secondary N) is 2. The lowest BCUT2D eigenvalue weighted by Crippen LogP contribution is -2.49. The van der Waals surface area contributed by atoms with E-state index < -0.39 is 30.1 Å². The minimum atomic E-state index is -1.16. The fraction of sp³-hybridized carbons (Fsp3) is 0.812. The van der Waals surface area contributed by atoms with Crippen LogP contribution in [0.4, 0.5) is 0 Å². The normalized spacial score (nSPS) is 20.6. The Morgan fingerprint density at radius 2 is 1.70 bits per heavy atom. The Bertz CT molecular complexity index is 423. The van der Waals surface area contributed by atoms with E-state index >= 15 is 0 Å². The van der Waals surface area contributed by atoms with Gasteiger partial charge < -0.3 is 20.5 Å². The fourth-order valence-corrected chi connectivity index (χ4v) is 2.06. The second-order valence-electron chi connectivity index (χ2n) is 6.48. The van der Waals surface area contributed by atoms with Crippen LogP contribution in [0.15, 0.2) is 0 Å². The number of rotatable bonds is 9. The third-order valence-corrected chi connectivity index (χ3v) is 3.35. The summed E-state index contributed by atoms with van der Waals surface area (Å²) in [5.41, 5.74) is 0. The first-order valence-electron chi connectivity index (χ1n) is 7.68. The van der Waals surface area contributed by atoms with E-state index in [1.54, 1.807) is 0 Å². The summed E-state index contributed by atoms with van der Waals surface area (Å²) in [4.78, 5) is 34.8. The smallest absolute Gasteiger partial charge is 0.336 e. The molecule has 1 aliphatic heterocycles. The molecule has 3 N–H and O–H groups in total. The van der Waals surface area contributed by atoms with Gasteiger partial charge in [0.25, 0.3) is 5.91 Å². The van der Waals surface area contributed by atoms with Crippen LogP contribution in [-0.2, 0) is 19.1 Å². The molecule has 3 atom stereocenters. The Labute approximate surface area is 138 Å². The Morgan fingerprint density at radius 1 is 1.09 bits per heavy atom. The molecule has 1 saturated heterocycles. The van der Waals surface area contributed by atoms with Gasteiger partial charge >= 0.3 is 5.97 Å². The highest BCUT2D eigenvalue weighted by Crippen LogP contribution is 2.22. The van der Waals surface area contributed by atoms with Crippen LogP contribution in [0, 0.1) is 11.8 Å². The zero-order chi connectivity index (χ0) is 16.9. The van der Waals surface area contributed by atoms with E-state index in [0.717, 1.165) is 6.42 Å². The summed E-state index contributed by atoms with van der Waals surface area (Å²) in [6, 6.07) is -0.668. The molecule has 134 valence electrons. The molecule has 1 fully saturated rings. The van der Waals surface area contributed by atoms with Crippen molar-refractivity contribution in [1.29, 1.82) is 0 Å². The number of hydrogen-bond acceptors (Lipinski definition) is 4. The molecule has 23 heavy (non-hydrogen) atoms. The molecule has 0 aliphatic carbocycles. The molecule has 0 saturated carbocycles. The van der Waals surface area contributed by atoms with Crippen molar-refractivity contribution in [2.45, 2.75) is 66.2 Å². The number of carbonyl (C=O) groups is 3. The largest absolute Gasteiger partial charge is 0.479 e. The Balaban J connectivity index is 0.00000484. The molecule has 1 rings (SSSR count). The third kappa shape index (κ3) is 7.45. The van der Waals surface area contributed by atoms with Crippen LogP contribution in [0.25, 0.3) is 0 Å². The van der Waals surface area contributed by atoms with Crippen molar-refractivity contribution in [3.05, 3.63) is 0 Å². The lowest BCUT2D eigenvalue weighted by atomic mass is 10.0. The SMILES string of the molecule is C.CC(C)CCNC(=O)C(CC(C)C)NC(=O)[C@H]1O[C@@H]1C(=O)O. The van der Waals surface area contributed by atoms with Crippen molar-refractivity contribution in [3.8, 4) is 0 Å². The van der Waals surface area contributed by atoms with Crippen molar-refractivity contribution >= 4 is 17.8 Å². The average molecular weight is 330 g/mol. The molecule has 0 aromatic heterocycles. The number of carboxylic acids is 1. The molecule has 0 aromatic carbocycles. The van der Waals surface area contributed by atoms with Crippen LogP contribution in [0.1, 0.15) is 48.0 Å². The first kappa shape index (κ1) is 21.4. The summed E-state index contributed by atoms with van der Waals surface area (Å²) in [5.74, 6) is -1.25. The second-order valence-corrected chi connectivity index (χ2v) is 6.48. The molecule has 1 unspecified atom stereocenters. The van der Waals surface area contributed by atoms with Gasteiger partial charge in [-0.05, 0) is 24.7 Å². The maximum absolute atomic E-state index is 12.2. The number of epoxide rings is 1. The number of amides is 2. The molecular weight excluding hydrogens is 300 g/mol. The lowest BCUT2D eigenvalue weighted by molar-refractivity contribution is -0.138. The van der Waals surface area contributed by atoms with E-state index in [1.165, 1.54) is 0 Å². The third-order valence-electron chi connectivity index (χ3n) is 3.35. The number of ether oxygens (including phenoxy) is 1. The van der Waals surface area contributed by atoms with Gasteiger partial charge in [0.05, 0.1) is 0 Å². The Kier molecular flexibility index (Phi) is 8.82. The van der Waals surface area contributed by atoms with E-state index in [9.17, 15) is 14.4 Å². The lowest BCUT2D eigenvalue weighted by Gasteiger charge is -2.20. The van der Waals surface area contributed by atoms with Crippen LogP contribution in [-0.4, -0.2) is 47.7 Å². The fourth-order valence-electron chi connectivity index (χ4n) is 2.06. The minimum absolute atomic E-state index is 0. The average Bonchev–Trinajstić information content (AvgIpc) is 3.16. The molecule has 1 aliphatic rings. The van der Waals surface area contributed by atoms with E-state index in [-0.39, 0.29) is 19.3 Å². The zero-order valence-electron chi connectivity index (χ0n) is 13.6. The standard InChI is InChI=1S/C15H26N2O5.CH4/c1-8(2)5-6-16-13(18)10(7-9(3)4)17-14(19)11-12(22-11)15(20)21;/h8-12H,5-7H2,1-4H3,(H,16,18)(H,17,19)(H,20,21);1H4/t10?,11-,12-;/m0./s1. The predicted octanol–water partition coefficient (Wildman–Crippen LogP) is 1.17. The van der Waals surface area contributed by atoms with Crippen LogP contribution >= 0.6 is 0 Å². The van der Waals surface area contributed by atoms with Crippen molar-refractivity contribution in [1.82, 2.24) is 10.6 Å². The molecule has 0 spiro atoms. The zero-order valence-corrected chi connectivity index (χ0v) is 13.6. The molecule has 0 aromatic rings. The van der Waals surface area contributed by atoms with Gasteiger partial charge in [0, 0.05) is 6.54 Å². The Hall–Kier alpha value is -1.63. The first-order chi connectivity index (χ1) is 10.2. The summed E-state index contributed by atoms with van der Waals surface area (Å²) in [6.45, 7) is 8.59.